The van der Waals surface area contributed by atoms with E-state index in [2.05, 4.69) is 4.90 Å². The monoisotopic (exact) mass is 427 g/mol. The SMILES string of the molecule is CS(=O)(=O)N1CCc2cc(C(=O)N3CCN([C@H]4CCS(=O)(=O)C4)CC3)ccc21. The summed E-state index contributed by atoms with van der Waals surface area (Å²) in [6.45, 7) is 2.91. The molecular weight excluding hydrogens is 402 g/mol. The molecule has 3 aliphatic heterocycles. The molecular formula is C18H25N3O5S2. The van der Waals surface area contributed by atoms with Gasteiger partial charge < -0.3 is 4.90 Å². The third-order valence-corrected chi connectivity index (χ3v) is 8.84. The van der Waals surface area contributed by atoms with Gasteiger partial charge in [0.25, 0.3) is 5.91 Å². The molecule has 0 radical (unpaired) electrons. The molecule has 28 heavy (non-hydrogen) atoms. The van der Waals surface area contributed by atoms with Gasteiger partial charge >= 0.3 is 0 Å². The maximum absolute atomic E-state index is 12.9. The van der Waals surface area contributed by atoms with Crippen LogP contribution in [0.1, 0.15) is 22.3 Å². The standard InChI is InChI=1S/C18H25N3O5S2/c1-27(23,24)21-6-4-14-12-15(2-3-17(14)21)18(22)20-9-7-19(8-10-20)16-5-11-28(25,26)13-16/h2-3,12,16H,4-11,13H2,1H3/t16-/m0/s1. The van der Waals surface area contributed by atoms with Crippen molar-refractivity contribution in [2.24, 2.45) is 0 Å². The van der Waals surface area contributed by atoms with Crippen molar-refractivity contribution in [3.63, 3.8) is 0 Å². The molecule has 1 atom stereocenters. The largest absolute Gasteiger partial charge is 0.336 e. The predicted molar refractivity (Wildman–Crippen MR) is 107 cm³/mol. The number of sulfonamides is 1. The quantitative estimate of drug-likeness (QED) is 0.672. The van der Waals surface area contributed by atoms with E-state index in [0.717, 1.165) is 5.56 Å². The van der Waals surface area contributed by atoms with Gasteiger partial charge in [0.05, 0.1) is 23.4 Å². The number of carbonyl (C=O) groups is 1. The Morgan fingerprint density at radius 2 is 1.82 bits per heavy atom. The van der Waals surface area contributed by atoms with Crippen LogP contribution in [0.4, 0.5) is 5.69 Å². The average molecular weight is 428 g/mol. The lowest BCUT2D eigenvalue weighted by atomic mass is 10.1. The fourth-order valence-electron chi connectivity index (χ4n) is 4.39. The maximum atomic E-state index is 12.9. The van der Waals surface area contributed by atoms with E-state index < -0.39 is 19.9 Å². The van der Waals surface area contributed by atoms with Gasteiger partial charge in [0, 0.05) is 44.3 Å². The first-order valence-corrected chi connectivity index (χ1v) is 13.2. The van der Waals surface area contributed by atoms with Crippen LogP contribution in [0.2, 0.25) is 0 Å². The number of piperazine rings is 1. The minimum atomic E-state index is -3.30. The highest BCUT2D eigenvalue weighted by molar-refractivity contribution is 7.92. The number of hydrogen-bond donors (Lipinski definition) is 0. The van der Waals surface area contributed by atoms with Gasteiger partial charge in [-0.25, -0.2) is 16.8 Å². The van der Waals surface area contributed by atoms with E-state index in [1.165, 1.54) is 10.6 Å². The Balaban J connectivity index is 1.41. The molecule has 2 saturated heterocycles. The molecule has 0 aromatic heterocycles. The van der Waals surface area contributed by atoms with Crippen molar-refractivity contribution in [3.05, 3.63) is 29.3 Å². The molecule has 10 heteroatoms. The first kappa shape index (κ1) is 19.7. The van der Waals surface area contributed by atoms with E-state index in [0.29, 0.717) is 56.8 Å². The van der Waals surface area contributed by atoms with Gasteiger partial charge in [0.1, 0.15) is 0 Å². The van der Waals surface area contributed by atoms with Crippen molar-refractivity contribution in [1.82, 2.24) is 9.80 Å². The summed E-state index contributed by atoms with van der Waals surface area (Å²) >= 11 is 0. The summed E-state index contributed by atoms with van der Waals surface area (Å²) in [7, 11) is -6.21. The molecule has 3 aliphatic rings. The van der Waals surface area contributed by atoms with Crippen LogP contribution in [0.25, 0.3) is 0 Å². The Kier molecular flexibility index (Phi) is 4.91. The van der Waals surface area contributed by atoms with Crippen LogP contribution in [0.3, 0.4) is 0 Å². The number of nitrogens with zero attached hydrogens (tertiary/aromatic N) is 3. The lowest BCUT2D eigenvalue weighted by molar-refractivity contribution is 0.0587. The smallest absolute Gasteiger partial charge is 0.253 e. The number of fused-ring (bicyclic) bond motifs is 1. The highest BCUT2D eigenvalue weighted by Crippen LogP contribution is 2.31. The minimum Gasteiger partial charge on any atom is -0.336 e. The number of carbonyl (C=O) groups excluding carboxylic acids is 1. The van der Waals surface area contributed by atoms with E-state index in [1.807, 2.05) is 0 Å². The number of benzene rings is 1. The third kappa shape index (κ3) is 3.77. The Morgan fingerprint density at radius 3 is 2.43 bits per heavy atom. The summed E-state index contributed by atoms with van der Waals surface area (Å²) in [6, 6.07) is 5.29. The van der Waals surface area contributed by atoms with Crippen LogP contribution in [0.5, 0.6) is 0 Å². The topological polar surface area (TPSA) is 95.1 Å². The third-order valence-electron chi connectivity index (χ3n) is 5.91. The van der Waals surface area contributed by atoms with E-state index >= 15 is 0 Å². The summed E-state index contributed by atoms with van der Waals surface area (Å²) < 4.78 is 48.5. The molecule has 3 heterocycles. The average Bonchev–Trinajstić information content (AvgIpc) is 3.23. The van der Waals surface area contributed by atoms with Gasteiger partial charge in [-0.15, -0.1) is 0 Å². The van der Waals surface area contributed by atoms with E-state index in [9.17, 15) is 21.6 Å². The molecule has 154 valence electrons. The second-order valence-corrected chi connectivity index (χ2v) is 11.9. The zero-order valence-corrected chi connectivity index (χ0v) is 17.5. The zero-order valence-electron chi connectivity index (χ0n) is 15.9. The van der Waals surface area contributed by atoms with Crippen molar-refractivity contribution >= 4 is 31.5 Å². The zero-order chi connectivity index (χ0) is 20.1. The molecule has 2 fully saturated rings. The van der Waals surface area contributed by atoms with Gasteiger partial charge in [-0.3, -0.25) is 14.0 Å². The molecule has 0 N–H and O–H groups in total. The number of anilines is 1. The van der Waals surface area contributed by atoms with E-state index in [4.69, 9.17) is 0 Å². The van der Waals surface area contributed by atoms with Crippen LogP contribution < -0.4 is 4.31 Å². The van der Waals surface area contributed by atoms with Crippen molar-refractivity contribution in [2.75, 3.05) is 54.8 Å². The second-order valence-electron chi connectivity index (χ2n) is 7.81. The summed E-state index contributed by atoms with van der Waals surface area (Å²) in [5.41, 5.74) is 2.11. The van der Waals surface area contributed by atoms with Crippen LogP contribution >= 0.6 is 0 Å². The summed E-state index contributed by atoms with van der Waals surface area (Å²) in [6.07, 6.45) is 2.47. The fraction of sp³-hybridized carbons (Fsp3) is 0.611. The Bertz CT molecular complexity index is 998. The fourth-order valence-corrected chi connectivity index (χ4v) is 7.11. The normalized spacial score (nSPS) is 25.1. The molecule has 0 spiro atoms. The van der Waals surface area contributed by atoms with Crippen LogP contribution in [0.15, 0.2) is 18.2 Å². The molecule has 0 bridgehead atoms. The maximum Gasteiger partial charge on any atom is 0.253 e. The highest BCUT2D eigenvalue weighted by Gasteiger charge is 2.34. The minimum absolute atomic E-state index is 0.0562. The molecule has 0 saturated carbocycles. The molecule has 1 aromatic rings. The van der Waals surface area contributed by atoms with Gasteiger partial charge in [0.15, 0.2) is 9.84 Å². The first-order chi connectivity index (χ1) is 13.1. The van der Waals surface area contributed by atoms with Gasteiger partial charge in [-0.05, 0) is 36.6 Å². The number of rotatable bonds is 3. The van der Waals surface area contributed by atoms with Crippen molar-refractivity contribution < 1.29 is 21.6 Å². The lowest BCUT2D eigenvalue weighted by Crippen LogP contribution is -2.52. The first-order valence-electron chi connectivity index (χ1n) is 9.48. The number of sulfone groups is 1. The predicted octanol–water partition coefficient (Wildman–Crippen LogP) is -0.0464. The lowest BCUT2D eigenvalue weighted by Gasteiger charge is -2.37. The molecule has 1 amide bonds. The summed E-state index contributed by atoms with van der Waals surface area (Å²) in [4.78, 5) is 16.9. The number of amides is 1. The van der Waals surface area contributed by atoms with Crippen molar-refractivity contribution in [2.45, 2.75) is 18.9 Å². The molecule has 1 aromatic carbocycles. The van der Waals surface area contributed by atoms with Crippen molar-refractivity contribution in [1.29, 1.82) is 0 Å². The van der Waals surface area contributed by atoms with Crippen LogP contribution in [-0.2, 0) is 26.3 Å². The Morgan fingerprint density at radius 1 is 1.11 bits per heavy atom. The van der Waals surface area contributed by atoms with Crippen LogP contribution in [0, 0.1) is 0 Å². The molecule has 8 nitrogen and oxygen atoms in total. The van der Waals surface area contributed by atoms with Crippen LogP contribution in [-0.4, -0.2) is 89.1 Å². The Hall–Kier alpha value is -1.65. The summed E-state index contributed by atoms with van der Waals surface area (Å²) in [5.74, 6) is 0.429. The second kappa shape index (κ2) is 7.00. The van der Waals surface area contributed by atoms with E-state index in [1.54, 1.807) is 23.1 Å². The molecule has 0 unspecified atom stereocenters. The summed E-state index contributed by atoms with van der Waals surface area (Å²) in [5, 5.41) is 0. The van der Waals surface area contributed by atoms with E-state index in [-0.39, 0.29) is 23.5 Å². The van der Waals surface area contributed by atoms with Gasteiger partial charge in [-0.1, -0.05) is 0 Å². The highest BCUT2D eigenvalue weighted by atomic mass is 32.2. The Labute approximate surface area is 166 Å². The number of hydrogen-bond acceptors (Lipinski definition) is 6. The van der Waals surface area contributed by atoms with Crippen molar-refractivity contribution in [3.8, 4) is 0 Å². The van der Waals surface area contributed by atoms with Gasteiger partial charge in [-0.2, -0.15) is 0 Å². The molecule has 4 rings (SSSR count). The molecule has 0 aliphatic carbocycles. The van der Waals surface area contributed by atoms with Gasteiger partial charge in [0.2, 0.25) is 10.0 Å².